The van der Waals surface area contributed by atoms with Crippen molar-refractivity contribution < 1.29 is 4.74 Å². The van der Waals surface area contributed by atoms with Gasteiger partial charge in [-0.2, -0.15) is 0 Å². The van der Waals surface area contributed by atoms with Crippen LogP contribution in [0.15, 0.2) is 24.4 Å². The van der Waals surface area contributed by atoms with Crippen molar-refractivity contribution in [3.8, 4) is 5.75 Å². The zero-order chi connectivity index (χ0) is 15.6. The van der Waals surface area contributed by atoms with Crippen LogP contribution in [0.25, 0.3) is 0 Å². The summed E-state index contributed by atoms with van der Waals surface area (Å²) in [5.74, 6) is 2.19. The highest BCUT2D eigenvalue weighted by Crippen LogP contribution is 2.33. The molecule has 23 heavy (non-hydrogen) atoms. The van der Waals surface area contributed by atoms with E-state index in [1.165, 1.54) is 29.9 Å². The standard InChI is InChI=1S/C18H22ClN3O/c19-13-6-7-17-15(10-13)16(4-3-9-23-17)20-11-14-12-21-18-5-1-2-8-22(14)18/h6-7,10,12,16,20H,1-5,8-9,11H2. The molecule has 0 saturated carbocycles. The SMILES string of the molecule is Clc1ccc2c(c1)C(NCc1cnc3n1CCCC3)CCCO2. The minimum Gasteiger partial charge on any atom is -0.493 e. The molecule has 2 aliphatic rings. The number of imidazole rings is 1. The first-order valence-electron chi connectivity index (χ1n) is 8.50. The van der Waals surface area contributed by atoms with Gasteiger partial charge < -0.3 is 14.6 Å². The summed E-state index contributed by atoms with van der Waals surface area (Å²) in [6.45, 7) is 2.71. The Morgan fingerprint density at radius 3 is 3.22 bits per heavy atom. The first kappa shape index (κ1) is 15.0. The Bertz CT molecular complexity index is 698. The summed E-state index contributed by atoms with van der Waals surface area (Å²) < 4.78 is 8.22. The van der Waals surface area contributed by atoms with Gasteiger partial charge in [0.15, 0.2) is 0 Å². The maximum absolute atomic E-state index is 6.19. The minimum absolute atomic E-state index is 0.279. The quantitative estimate of drug-likeness (QED) is 0.927. The van der Waals surface area contributed by atoms with Crippen molar-refractivity contribution in [2.75, 3.05) is 6.61 Å². The van der Waals surface area contributed by atoms with Crippen LogP contribution < -0.4 is 10.1 Å². The number of aryl methyl sites for hydroxylation is 1. The van der Waals surface area contributed by atoms with Crippen molar-refractivity contribution >= 4 is 11.6 Å². The summed E-state index contributed by atoms with van der Waals surface area (Å²) in [5, 5.41) is 4.46. The summed E-state index contributed by atoms with van der Waals surface area (Å²) >= 11 is 6.19. The molecule has 1 N–H and O–H groups in total. The van der Waals surface area contributed by atoms with Gasteiger partial charge in [-0.05, 0) is 43.9 Å². The molecule has 2 aliphatic heterocycles. The number of hydrogen-bond donors (Lipinski definition) is 1. The van der Waals surface area contributed by atoms with Crippen LogP contribution in [0.4, 0.5) is 0 Å². The lowest BCUT2D eigenvalue weighted by atomic mass is 10.0. The van der Waals surface area contributed by atoms with Crippen molar-refractivity contribution in [3.63, 3.8) is 0 Å². The van der Waals surface area contributed by atoms with Crippen LogP contribution in [-0.2, 0) is 19.5 Å². The third-order valence-corrected chi connectivity index (χ3v) is 5.06. The summed E-state index contributed by atoms with van der Waals surface area (Å²) in [5.41, 5.74) is 2.46. The topological polar surface area (TPSA) is 39.1 Å². The average molecular weight is 332 g/mol. The molecule has 4 nitrogen and oxygen atoms in total. The highest BCUT2D eigenvalue weighted by atomic mass is 35.5. The molecule has 122 valence electrons. The number of aromatic nitrogens is 2. The van der Waals surface area contributed by atoms with Gasteiger partial charge in [-0.1, -0.05) is 11.6 Å². The molecule has 0 radical (unpaired) electrons. The second kappa shape index (κ2) is 6.54. The molecule has 2 aromatic rings. The molecule has 0 aliphatic carbocycles. The maximum Gasteiger partial charge on any atom is 0.124 e. The van der Waals surface area contributed by atoms with Gasteiger partial charge in [-0.15, -0.1) is 0 Å². The minimum atomic E-state index is 0.279. The Hall–Kier alpha value is -1.52. The molecular formula is C18H22ClN3O. The van der Waals surface area contributed by atoms with Crippen molar-refractivity contribution in [3.05, 3.63) is 46.5 Å². The summed E-state index contributed by atoms with van der Waals surface area (Å²) in [6.07, 6.45) is 7.76. The van der Waals surface area contributed by atoms with E-state index in [9.17, 15) is 0 Å². The van der Waals surface area contributed by atoms with E-state index < -0.39 is 0 Å². The number of halogens is 1. The van der Waals surface area contributed by atoms with Crippen LogP contribution >= 0.6 is 11.6 Å². The molecule has 0 bridgehead atoms. The lowest BCUT2D eigenvalue weighted by molar-refractivity contribution is 0.315. The van der Waals surface area contributed by atoms with Crippen LogP contribution in [0, 0.1) is 0 Å². The van der Waals surface area contributed by atoms with E-state index in [1.54, 1.807) is 0 Å². The fraction of sp³-hybridized carbons (Fsp3) is 0.500. The zero-order valence-electron chi connectivity index (χ0n) is 13.2. The van der Waals surface area contributed by atoms with Gasteiger partial charge in [0.2, 0.25) is 0 Å². The lowest BCUT2D eigenvalue weighted by Gasteiger charge is -2.21. The number of ether oxygens (including phenoxy) is 1. The predicted molar refractivity (Wildman–Crippen MR) is 90.9 cm³/mol. The van der Waals surface area contributed by atoms with Gasteiger partial charge in [0.25, 0.3) is 0 Å². The zero-order valence-corrected chi connectivity index (χ0v) is 14.0. The molecule has 1 aromatic carbocycles. The van der Waals surface area contributed by atoms with E-state index in [4.69, 9.17) is 16.3 Å². The molecule has 0 saturated heterocycles. The smallest absolute Gasteiger partial charge is 0.124 e. The Morgan fingerprint density at radius 1 is 1.30 bits per heavy atom. The summed E-state index contributed by atoms with van der Waals surface area (Å²) in [4.78, 5) is 4.57. The number of hydrogen-bond acceptors (Lipinski definition) is 3. The van der Waals surface area contributed by atoms with E-state index in [1.807, 2.05) is 24.4 Å². The molecule has 0 fully saturated rings. The van der Waals surface area contributed by atoms with Gasteiger partial charge in [0.1, 0.15) is 11.6 Å². The molecule has 1 aromatic heterocycles. The lowest BCUT2D eigenvalue weighted by Crippen LogP contribution is -2.23. The molecule has 3 heterocycles. The number of nitrogens with zero attached hydrogens (tertiary/aromatic N) is 2. The Kier molecular flexibility index (Phi) is 4.27. The van der Waals surface area contributed by atoms with E-state index in [2.05, 4.69) is 14.9 Å². The highest BCUT2D eigenvalue weighted by Gasteiger charge is 2.21. The molecular weight excluding hydrogens is 310 g/mol. The van der Waals surface area contributed by atoms with Crippen LogP contribution in [-0.4, -0.2) is 16.2 Å². The molecule has 5 heteroatoms. The van der Waals surface area contributed by atoms with Crippen molar-refractivity contribution in [1.29, 1.82) is 0 Å². The molecule has 0 amide bonds. The molecule has 1 unspecified atom stereocenters. The fourth-order valence-corrected chi connectivity index (χ4v) is 3.79. The molecule has 0 spiro atoms. The Labute approximate surface area is 141 Å². The molecule has 1 atom stereocenters. The number of rotatable bonds is 3. The monoisotopic (exact) mass is 331 g/mol. The van der Waals surface area contributed by atoms with Crippen LogP contribution in [0.5, 0.6) is 5.75 Å². The van der Waals surface area contributed by atoms with Crippen LogP contribution in [0.2, 0.25) is 5.02 Å². The Morgan fingerprint density at radius 2 is 2.26 bits per heavy atom. The third kappa shape index (κ3) is 3.10. The van der Waals surface area contributed by atoms with Crippen molar-refractivity contribution in [2.45, 2.75) is 51.2 Å². The van der Waals surface area contributed by atoms with Crippen molar-refractivity contribution in [2.24, 2.45) is 0 Å². The Balaban J connectivity index is 1.53. The van der Waals surface area contributed by atoms with Gasteiger partial charge in [0.05, 0.1) is 12.3 Å². The number of benzene rings is 1. The van der Waals surface area contributed by atoms with E-state index >= 15 is 0 Å². The van der Waals surface area contributed by atoms with E-state index in [0.717, 1.165) is 49.7 Å². The predicted octanol–water partition coefficient (Wildman–Crippen LogP) is 3.88. The average Bonchev–Trinajstić information content (AvgIpc) is 2.88. The van der Waals surface area contributed by atoms with Crippen molar-refractivity contribution in [1.82, 2.24) is 14.9 Å². The van der Waals surface area contributed by atoms with Gasteiger partial charge in [-0.25, -0.2) is 4.98 Å². The van der Waals surface area contributed by atoms with E-state index in [0.29, 0.717) is 0 Å². The largest absolute Gasteiger partial charge is 0.493 e. The summed E-state index contributed by atoms with van der Waals surface area (Å²) in [6, 6.07) is 6.20. The molecule has 4 rings (SSSR count). The highest BCUT2D eigenvalue weighted by molar-refractivity contribution is 6.30. The number of nitrogens with one attached hydrogen (secondary N) is 1. The van der Waals surface area contributed by atoms with E-state index in [-0.39, 0.29) is 6.04 Å². The number of fused-ring (bicyclic) bond motifs is 2. The van der Waals surface area contributed by atoms with Gasteiger partial charge in [-0.3, -0.25) is 0 Å². The van der Waals surface area contributed by atoms with Crippen LogP contribution in [0.1, 0.15) is 48.8 Å². The first-order chi connectivity index (χ1) is 11.3. The fourth-order valence-electron chi connectivity index (χ4n) is 3.61. The first-order valence-corrected chi connectivity index (χ1v) is 8.88. The normalized spacial score (nSPS) is 20.3. The maximum atomic E-state index is 6.19. The van der Waals surface area contributed by atoms with Crippen LogP contribution in [0.3, 0.4) is 0 Å². The summed E-state index contributed by atoms with van der Waals surface area (Å²) in [7, 11) is 0. The van der Waals surface area contributed by atoms with Gasteiger partial charge in [0, 0.05) is 42.3 Å². The second-order valence-corrected chi connectivity index (χ2v) is 6.82. The van der Waals surface area contributed by atoms with Gasteiger partial charge >= 0.3 is 0 Å². The second-order valence-electron chi connectivity index (χ2n) is 6.38. The third-order valence-electron chi connectivity index (χ3n) is 4.82.